The summed E-state index contributed by atoms with van der Waals surface area (Å²) in [6.45, 7) is 8.09. The van der Waals surface area contributed by atoms with E-state index in [4.69, 9.17) is 0 Å². The van der Waals surface area contributed by atoms with E-state index in [1.807, 2.05) is 42.2 Å². The maximum absolute atomic E-state index is 12.3. The highest BCUT2D eigenvalue weighted by atomic mass is 16.2. The Kier molecular flexibility index (Phi) is 3.88. The van der Waals surface area contributed by atoms with Crippen molar-refractivity contribution in [1.29, 1.82) is 0 Å². The monoisotopic (exact) mass is 324 g/mol. The summed E-state index contributed by atoms with van der Waals surface area (Å²) >= 11 is 0. The second kappa shape index (κ2) is 6.06. The van der Waals surface area contributed by atoms with Crippen molar-refractivity contribution >= 4 is 11.6 Å². The molecule has 5 nitrogen and oxygen atoms in total. The Morgan fingerprint density at radius 3 is 2.54 bits per heavy atom. The van der Waals surface area contributed by atoms with Gasteiger partial charge in [-0.3, -0.25) is 14.4 Å². The average molecular weight is 324 g/mol. The standard InChI is InChI=1S/C19H24N4O/c1-14-8-15(2)23(20-14)18-12-21(13-18)10-16-9-19(24)22(11-16)17-6-4-3-5-7-17/h3-8,16,18H,9-13H2,1-2H3/t16-/m0/s1. The zero-order valence-corrected chi connectivity index (χ0v) is 14.4. The molecule has 1 atom stereocenters. The molecule has 5 heteroatoms. The van der Waals surface area contributed by atoms with E-state index < -0.39 is 0 Å². The van der Waals surface area contributed by atoms with Crippen molar-refractivity contribution in [2.45, 2.75) is 26.3 Å². The molecule has 2 aromatic rings. The summed E-state index contributed by atoms with van der Waals surface area (Å²) in [5.74, 6) is 0.681. The number of para-hydroxylation sites is 1. The third-order valence-corrected chi connectivity index (χ3v) is 5.12. The molecule has 2 aliphatic heterocycles. The number of amides is 1. The van der Waals surface area contributed by atoms with Gasteiger partial charge in [-0.25, -0.2) is 0 Å². The van der Waals surface area contributed by atoms with Crippen LogP contribution >= 0.6 is 0 Å². The second-order valence-electron chi connectivity index (χ2n) is 7.15. The normalized spacial score (nSPS) is 22.2. The van der Waals surface area contributed by atoms with Crippen molar-refractivity contribution in [3.05, 3.63) is 47.8 Å². The largest absolute Gasteiger partial charge is 0.312 e. The second-order valence-corrected chi connectivity index (χ2v) is 7.15. The van der Waals surface area contributed by atoms with E-state index in [0.29, 0.717) is 18.4 Å². The van der Waals surface area contributed by atoms with Gasteiger partial charge in [0.15, 0.2) is 0 Å². The van der Waals surface area contributed by atoms with Crippen LogP contribution in [0.3, 0.4) is 0 Å². The predicted octanol–water partition coefficient (Wildman–Crippen LogP) is 2.41. The number of benzene rings is 1. The molecular formula is C19H24N4O. The van der Waals surface area contributed by atoms with Crippen LogP contribution in [-0.2, 0) is 4.79 Å². The molecule has 1 aromatic carbocycles. The van der Waals surface area contributed by atoms with Gasteiger partial charge in [-0.1, -0.05) is 18.2 Å². The predicted molar refractivity (Wildman–Crippen MR) is 94.1 cm³/mol. The number of rotatable bonds is 4. The Bertz CT molecular complexity index is 733. The molecule has 24 heavy (non-hydrogen) atoms. The van der Waals surface area contributed by atoms with Crippen molar-refractivity contribution in [3.8, 4) is 0 Å². The van der Waals surface area contributed by atoms with E-state index in [-0.39, 0.29) is 5.91 Å². The molecule has 2 saturated heterocycles. The summed E-state index contributed by atoms with van der Waals surface area (Å²) in [5.41, 5.74) is 3.35. The molecule has 0 spiro atoms. The number of carbonyl (C=O) groups is 1. The van der Waals surface area contributed by atoms with E-state index >= 15 is 0 Å². The van der Waals surface area contributed by atoms with Crippen LogP contribution in [0, 0.1) is 19.8 Å². The van der Waals surface area contributed by atoms with Gasteiger partial charge in [-0.2, -0.15) is 5.10 Å². The van der Waals surface area contributed by atoms with Crippen LogP contribution in [0.4, 0.5) is 5.69 Å². The first-order valence-corrected chi connectivity index (χ1v) is 8.70. The number of nitrogens with zero attached hydrogens (tertiary/aromatic N) is 4. The number of likely N-dealkylation sites (tertiary alicyclic amines) is 1. The minimum atomic E-state index is 0.252. The van der Waals surface area contributed by atoms with Gasteiger partial charge in [0.25, 0.3) is 0 Å². The zero-order chi connectivity index (χ0) is 16.7. The summed E-state index contributed by atoms with van der Waals surface area (Å²) in [7, 11) is 0. The van der Waals surface area contributed by atoms with Crippen molar-refractivity contribution < 1.29 is 4.79 Å². The molecule has 126 valence electrons. The van der Waals surface area contributed by atoms with Gasteiger partial charge < -0.3 is 4.90 Å². The van der Waals surface area contributed by atoms with Gasteiger partial charge in [-0.05, 0) is 38.0 Å². The number of aromatic nitrogens is 2. The van der Waals surface area contributed by atoms with Crippen LogP contribution in [0.15, 0.2) is 36.4 Å². The maximum Gasteiger partial charge on any atom is 0.227 e. The molecular weight excluding hydrogens is 300 g/mol. The summed E-state index contributed by atoms with van der Waals surface area (Å²) in [4.78, 5) is 16.7. The molecule has 0 aliphatic carbocycles. The number of hydrogen-bond donors (Lipinski definition) is 0. The molecule has 0 N–H and O–H groups in total. The third kappa shape index (κ3) is 2.84. The molecule has 2 fully saturated rings. The lowest BCUT2D eigenvalue weighted by Crippen LogP contribution is -2.50. The minimum absolute atomic E-state index is 0.252. The highest BCUT2D eigenvalue weighted by Crippen LogP contribution is 2.29. The van der Waals surface area contributed by atoms with E-state index in [2.05, 4.69) is 27.7 Å². The number of hydrogen-bond acceptors (Lipinski definition) is 3. The Morgan fingerprint density at radius 1 is 1.12 bits per heavy atom. The van der Waals surface area contributed by atoms with Crippen molar-refractivity contribution in [2.75, 3.05) is 31.1 Å². The Hall–Kier alpha value is -2.14. The summed E-state index contributed by atoms with van der Waals surface area (Å²) in [6.07, 6.45) is 0.663. The molecule has 0 unspecified atom stereocenters. The van der Waals surface area contributed by atoms with E-state index in [1.165, 1.54) is 5.69 Å². The van der Waals surface area contributed by atoms with Crippen LogP contribution in [0.2, 0.25) is 0 Å². The van der Waals surface area contributed by atoms with Crippen LogP contribution < -0.4 is 4.90 Å². The maximum atomic E-state index is 12.3. The molecule has 3 heterocycles. The Morgan fingerprint density at radius 2 is 1.88 bits per heavy atom. The fraction of sp³-hybridized carbons (Fsp3) is 0.474. The van der Waals surface area contributed by atoms with E-state index in [1.54, 1.807) is 0 Å². The molecule has 0 radical (unpaired) electrons. The van der Waals surface area contributed by atoms with Crippen LogP contribution in [0.5, 0.6) is 0 Å². The fourth-order valence-corrected chi connectivity index (χ4v) is 3.99. The van der Waals surface area contributed by atoms with Gasteiger partial charge in [0.1, 0.15) is 0 Å². The van der Waals surface area contributed by atoms with Crippen LogP contribution in [0.1, 0.15) is 23.9 Å². The molecule has 1 amide bonds. The first kappa shape index (κ1) is 15.4. The zero-order valence-electron chi connectivity index (χ0n) is 14.4. The minimum Gasteiger partial charge on any atom is -0.312 e. The van der Waals surface area contributed by atoms with Crippen molar-refractivity contribution in [2.24, 2.45) is 5.92 Å². The summed E-state index contributed by atoms with van der Waals surface area (Å²) in [6, 6.07) is 12.6. The average Bonchev–Trinajstić information content (AvgIpc) is 3.05. The first-order valence-electron chi connectivity index (χ1n) is 8.70. The SMILES string of the molecule is Cc1cc(C)n(C2CN(C[C@@H]3CC(=O)N(c4ccccc4)C3)C2)n1. The molecule has 1 aromatic heterocycles. The van der Waals surface area contributed by atoms with Crippen LogP contribution in [-0.4, -0.2) is 46.8 Å². The highest BCUT2D eigenvalue weighted by molar-refractivity contribution is 5.95. The molecule has 2 aliphatic rings. The Labute approximate surface area is 142 Å². The molecule has 0 bridgehead atoms. The van der Waals surface area contributed by atoms with Gasteiger partial charge in [-0.15, -0.1) is 0 Å². The summed E-state index contributed by atoms with van der Waals surface area (Å²) in [5, 5.41) is 4.59. The lowest BCUT2D eigenvalue weighted by atomic mass is 10.0. The van der Waals surface area contributed by atoms with Crippen molar-refractivity contribution in [1.82, 2.24) is 14.7 Å². The van der Waals surface area contributed by atoms with E-state index in [0.717, 1.165) is 37.6 Å². The molecule has 4 rings (SSSR count). The summed E-state index contributed by atoms with van der Waals surface area (Å²) < 4.78 is 2.15. The van der Waals surface area contributed by atoms with Crippen LogP contribution in [0.25, 0.3) is 0 Å². The third-order valence-electron chi connectivity index (χ3n) is 5.12. The van der Waals surface area contributed by atoms with Crippen molar-refractivity contribution in [3.63, 3.8) is 0 Å². The fourth-order valence-electron chi connectivity index (χ4n) is 3.99. The lowest BCUT2D eigenvalue weighted by molar-refractivity contribution is -0.117. The smallest absolute Gasteiger partial charge is 0.227 e. The molecule has 0 saturated carbocycles. The van der Waals surface area contributed by atoms with Gasteiger partial charge in [0, 0.05) is 44.0 Å². The quantitative estimate of drug-likeness (QED) is 0.867. The number of aryl methyl sites for hydroxylation is 2. The number of carbonyl (C=O) groups excluding carboxylic acids is 1. The van der Waals surface area contributed by atoms with E-state index in [9.17, 15) is 4.79 Å². The van der Waals surface area contributed by atoms with Gasteiger partial charge in [0.2, 0.25) is 5.91 Å². The van der Waals surface area contributed by atoms with Gasteiger partial charge in [0.05, 0.1) is 11.7 Å². The topological polar surface area (TPSA) is 41.4 Å². The van der Waals surface area contributed by atoms with Gasteiger partial charge >= 0.3 is 0 Å². The Balaban J connectivity index is 1.32. The number of anilines is 1. The lowest BCUT2D eigenvalue weighted by Gasteiger charge is -2.41. The first-order chi connectivity index (χ1) is 11.6. The highest BCUT2D eigenvalue weighted by Gasteiger charge is 2.36.